The van der Waals surface area contributed by atoms with E-state index in [1.807, 2.05) is 4.90 Å². The van der Waals surface area contributed by atoms with Crippen molar-refractivity contribution in [2.24, 2.45) is 0 Å². The molecule has 3 rings (SSSR count). The molecule has 0 N–H and O–H groups in total. The molecule has 24 heavy (non-hydrogen) atoms. The highest BCUT2D eigenvalue weighted by atomic mass is 35.5. The van der Waals surface area contributed by atoms with Crippen LogP contribution in [0.5, 0.6) is 0 Å². The number of carbonyl (C=O) groups is 1. The third kappa shape index (κ3) is 3.86. The monoisotopic (exact) mass is 344 g/mol. The van der Waals surface area contributed by atoms with Gasteiger partial charge in [-0.3, -0.25) is 9.36 Å². The number of carbonyl (C=O) groups excluding carboxylic acids is 1. The number of ether oxygens (including phenoxy) is 1. The number of aromatic nitrogens is 1. The standard InChI is InChI=1S/C18H17ClN2O3/c19-15-8-6-14(7-9-15)18(23)24-17(20-10-3-4-11-20)13-21-12-2-1-5-16(21)22/h1-2,5-9,12-13H,3-4,10-11H2/b17-13+. The summed E-state index contributed by atoms with van der Waals surface area (Å²) < 4.78 is 6.97. The molecule has 0 radical (unpaired) electrons. The van der Waals surface area contributed by atoms with Gasteiger partial charge in [0.1, 0.15) is 0 Å². The number of nitrogens with zero attached hydrogens (tertiary/aromatic N) is 2. The van der Waals surface area contributed by atoms with Crippen LogP contribution in [0.3, 0.4) is 0 Å². The second kappa shape index (κ2) is 7.36. The third-order valence-corrected chi connectivity index (χ3v) is 4.05. The molecule has 0 amide bonds. The van der Waals surface area contributed by atoms with Crippen molar-refractivity contribution in [2.45, 2.75) is 12.8 Å². The fourth-order valence-electron chi connectivity index (χ4n) is 2.52. The van der Waals surface area contributed by atoms with E-state index in [0.717, 1.165) is 25.9 Å². The lowest BCUT2D eigenvalue weighted by Crippen LogP contribution is -2.25. The highest BCUT2D eigenvalue weighted by Crippen LogP contribution is 2.19. The van der Waals surface area contributed by atoms with Crippen molar-refractivity contribution in [1.82, 2.24) is 9.47 Å². The lowest BCUT2D eigenvalue weighted by atomic mass is 10.2. The molecule has 0 aliphatic carbocycles. The van der Waals surface area contributed by atoms with E-state index in [-0.39, 0.29) is 5.56 Å². The lowest BCUT2D eigenvalue weighted by molar-refractivity contribution is 0.0524. The summed E-state index contributed by atoms with van der Waals surface area (Å²) in [5.74, 6) is -0.102. The quantitative estimate of drug-likeness (QED) is 0.631. The second-order valence-electron chi connectivity index (χ2n) is 5.50. The molecule has 0 bridgehead atoms. The fourth-order valence-corrected chi connectivity index (χ4v) is 2.64. The van der Waals surface area contributed by atoms with E-state index in [1.54, 1.807) is 48.8 Å². The molecule has 5 nitrogen and oxygen atoms in total. The zero-order valence-corrected chi connectivity index (χ0v) is 13.8. The molecule has 1 aromatic heterocycles. The molecule has 1 saturated heterocycles. The number of esters is 1. The predicted molar refractivity (Wildman–Crippen MR) is 92.6 cm³/mol. The van der Waals surface area contributed by atoms with E-state index in [9.17, 15) is 9.59 Å². The lowest BCUT2D eigenvalue weighted by Gasteiger charge is -2.20. The van der Waals surface area contributed by atoms with Gasteiger partial charge in [-0.2, -0.15) is 0 Å². The predicted octanol–water partition coefficient (Wildman–Crippen LogP) is 3.21. The van der Waals surface area contributed by atoms with Crippen LogP contribution in [-0.2, 0) is 4.74 Å². The first kappa shape index (κ1) is 16.3. The summed E-state index contributed by atoms with van der Waals surface area (Å²) in [5.41, 5.74) is 0.224. The summed E-state index contributed by atoms with van der Waals surface area (Å²) in [5, 5.41) is 0.553. The van der Waals surface area contributed by atoms with Crippen molar-refractivity contribution in [3.8, 4) is 0 Å². The topological polar surface area (TPSA) is 51.5 Å². The number of pyridine rings is 1. The molecule has 1 fully saturated rings. The summed E-state index contributed by atoms with van der Waals surface area (Å²) >= 11 is 5.84. The maximum atomic E-state index is 12.4. The van der Waals surface area contributed by atoms with Crippen molar-refractivity contribution in [1.29, 1.82) is 0 Å². The van der Waals surface area contributed by atoms with Crippen LogP contribution in [0, 0.1) is 0 Å². The van der Waals surface area contributed by atoms with Crippen LogP contribution in [0.2, 0.25) is 5.02 Å². The van der Waals surface area contributed by atoms with Crippen LogP contribution in [0.1, 0.15) is 23.2 Å². The molecule has 124 valence electrons. The molecule has 1 aliphatic heterocycles. The number of hydrogen-bond acceptors (Lipinski definition) is 4. The summed E-state index contributed by atoms with van der Waals surface area (Å²) in [4.78, 5) is 26.3. The smallest absolute Gasteiger partial charge is 0.344 e. The average molecular weight is 345 g/mol. The maximum Gasteiger partial charge on any atom is 0.344 e. The minimum absolute atomic E-state index is 0.184. The van der Waals surface area contributed by atoms with Crippen molar-refractivity contribution < 1.29 is 9.53 Å². The first-order chi connectivity index (χ1) is 11.6. The zero-order valence-electron chi connectivity index (χ0n) is 13.0. The number of benzene rings is 1. The highest BCUT2D eigenvalue weighted by Gasteiger charge is 2.20. The van der Waals surface area contributed by atoms with Gasteiger partial charge in [-0.05, 0) is 43.2 Å². The first-order valence-corrected chi connectivity index (χ1v) is 8.13. The van der Waals surface area contributed by atoms with Crippen LogP contribution in [-0.4, -0.2) is 28.5 Å². The van der Waals surface area contributed by atoms with Crippen LogP contribution in [0.4, 0.5) is 0 Å². The Morgan fingerprint density at radius 3 is 2.46 bits per heavy atom. The van der Waals surface area contributed by atoms with Crippen LogP contribution >= 0.6 is 11.6 Å². The Labute approximate surface area is 144 Å². The van der Waals surface area contributed by atoms with Gasteiger partial charge in [-0.1, -0.05) is 17.7 Å². The molecule has 0 saturated carbocycles. The maximum absolute atomic E-state index is 12.4. The number of rotatable bonds is 4. The minimum atomic E-state index is -0.478. The Morgan fingerprint density at radius 2 is 1.79 bits per heavy atom. The third-order valence-electron chi connectivity index (χ3n) is 3.80. The van der Waals surface area contributed by atoms with Gasteiger partial charge >= 0.3 is 5.97 Å². The fraction of sp³-hybridized carbons (Fsp3) is 0.222. The van der Waals surface area contributed by atoms with E-state index in [2.05, 4.69) is 0 Å². The van der Waals surface area contributed by atoms with E-state index < -0.39 is 5.97 Å². The zero-order chi connectivity index (χ0) is 16.9. The Morgan fingerprint density at radius 1 is 1.08 bits per heavy atom. The molecule has 0 spiro atoms. The van der Waals surface area contributed by atoms with Crippen molar-refractivity contribution >= 4 is 23.8 Å². The molecule has 0 atom stereocenters. The Balaban J connectivity index is 1.88. The van der Waals surface area contributed by atoms with Gasteiger partial charge < -0.3 is 9.64 Å². The Hall–Kier alpha value is -2.53. The highest BCUT2D eigenvalue weighted by molar-refractivity contribution is 6.30. The molecule has 0 unspecified atom stereocenters. The van der Waals surface area contributed by atoms with Crippen LogP contribution in [0.25, 0.3) is 6.20 Å². The van der Waals surface area contributed by atoms with Crippen molar-refractivity contribution in [3.05, 3.63) is 75.5 Å². The van der Waals surface area contributed by atoms with Gasteiger partial charge in [0, 0.05) is 30.4 Å². The minimum Gasteiger partial charge on any atom is -0.404 e. The molecular formula is C18H17ClN2O3. The SMILES string of the molecule is O=C(O/C(=C/n1ccccc1=O)N1CCCC1)c1ccc(Cl)cc1. The largest absolute Gasteiger partial charge is 0.404 e. The van der Waals surface area contributed by atoms with Crippen molar-refractivity contribution in [3.63, 3.8) is 0 Å². The summed E-state index contributed by atoms with van der Waals surface area (Å²) in [6.45, 7) is 1.59. The molecule has 2 aromatic rings. The van der Waals surface area contributed by atoms with Gasteiger partial charge in [0.15, 0.2) is 0 Å². The number of hydrogen-bond donors (Lipinski definition) is 0. The van der Waals surface area contributed by atoms with E-state index >= 15 is 0 Å². The van der Waals surface area contributed by atoms with Gasteiger partial charge in [0.2, 0.25) is 5.88 Å². The number of likely N-dealkylation sites (tertiary alicyclic amines) is 1. The van der Waals surface area contributed by atoms with Crippen LogP contribution < -0.4 is 5.56 Å². The van der Waals surface area contributed by atoms with E-state index in [0.29, 0.717) is 16.5 Å². The van der Waals surface area contributed by atoms with Crippen molar-refractivity contribution in [2.75, 3.05) is 13.1 Å². The average Bonchev–Trinajstić information content (AvgIpc) is 3.11. The summed E-state index contributed by atoms with van der Waals surface area (Å²) in [7, 11) is 0. The summed E-state index contributed by atoms with van der Waals surface area (Å²) in [6, 6.07) is 11.4. The van der Waals surface area contributed by atoms with E-state index in [4.69, 9.17) is 16.3 Å². The molecule has 6 heteroatoms. The van der Waals surface area contributed by atoms with Gasteiger partial charge in [-0.15, -0.1) is 0 Å². The molecular weight excluding hydrogens is 328 g/mol. The second-order valence-corrected chi connectivity index (χ2v) is 5.94. The van der Waals surface area contributed by atoms with Gasteiger partial charge in [0.05, 0.1) is 11.8 Å². The Bertz CT molecular complexity index is 806. The molecule has 1 aliphatic rings. The van der Waals surface area contributed by atoms with Crippen LogP contribution in [0.15, 0.2) is 59.3 Å². The van der Waals surface area contributed by atoms with Gasteiger partial charge in [0.25, 0.3) is 5.56 Å². The Kier molecular flexibility index (Phi) is 5.01. The number of halogens is 1. The summed E-state index contributed by atoms with van der Waals surface area (Å²) in [6.07, 6.45) is 5.25. The molecule has 1 aromatic carbocycles. The van der Waals surface area contributed by atoms with E-state index in [1.165, 1.54) is 10.6 Å². The first-order valence-electron chi connectivity index (χ1n) is 7.75. The molecule has 2 heterocycles. The normalized spacial score (nSPS) is 14.7. The van der Waals surface area contributed by atoms with Gasteiger partial charge in [-0.25, -0.2) is 4.79 Å².